The highest BCUT2D eigenvalue weighted by molar-refractivity contribution is 7.89. The molecule has 1 aromatic rings. The summed E-state index contributed by atoms with van der Waals surface area (Å²) in [5.41, 5.74) is 6.52. The number of hydrogen-bond donors (Lipinski definition) is 1. The van der Waals surface area contributed by atoms with Crippen molar-refractivity contribution in [1.29, 1.82) is 0 Å². The van der Waals surface area contributed by atoms with E-state index in [4.69, 9.17) is 5.73 Å². The summed E-state index contributed by atoms with van der Waals surface area (Å²) in [7, 11) is -2.30. The third-order valence-corrected chi connectivity index (χ3v) is 5.74. The number of nitrogens with two attached hydrogens (primary N) is 1. The highest BCUT2D eigenvalue weighted by Crippen LogP contribution is 2.29. The van der Waals surface area contributed by atoms with Crippen LogP contribution in [0, 0.1) is 12.7 Å². The number of nitrogen functional groups attached to an aromatic ring is 1. The highest BCUT2D eigenvalue weighted by atomic mass is 32.2. The van der Waals surface area contributed by atoms with Gasteiger partial charge in [-0.05, 0) is 37.5 Å². The van der Waals surface area contributed by atoms with Gasteiger partial charge in [-0.3, -0.25) is 0 Å². The van der Waals surface area contributed by atoms with Crippen LogP contribution in [-0.2, 0) is 10.0 Å². The molecule has 0 amide bonds. The first-order valence-electron chi connectivity index (χ1n) is 6.37. The minimum atomic E-state index is -3.81. The number of hydrogen-bond acceptors (Lipinski definition) is 3. The third-order valence-electron chi connectivity index (χ3n) is 3.82. The van der Waals surface area contributed by atoms with E-state index in [0.29, 0.717) is 11.3 Å². The van der Waals surface area contributed by atoms with Gasteiger partial charge < -0.3 is 5.73 Å². The van der Waals surface area contributed by atoms with Crippen LogP contribution in [0.5, 0.6) is 0 Å². The lowest BCUT2D eigenvalue weighted by atomic mass is 10.2. The zero-order valence-electron chi connectivity index (χ0n) is 11.2. The molecule has 2 N–H and O–H groups in total. The quantitative estimate of drug-likeness (QED) is 0.867. The Kier molecular flexibility index (Phi) is 3.82. The van der Waals surface area contributed by atoms with Crippen molar-refractivity contribution < 1.29 is 12.8 Å². The van der Waals surface area contributed by atoms with Gasteiger partial charge in [0.2, 0.25) is 10.0 Å². The second kappa shape index (κ2) is 5.09. The van der Waals surface area contributed by atoms with Gasteiger partial charge in [0.25, 0.3) is 0 Å². The van der Waals surface area contributed by atoms with E-state index in [-0.39, 0.29) is 10.9 Å². The minimum Gasteiger partial charge on any atom is -0.398 e. The second-order valence-electron chi connectivity index (χ2n) is 5.10. The van der Waals surface area contributed by atoms with Crippen LogP contribution in [0.15, 0.2) is 17.0 Å². The molecular weight excluding hydrogens is 267 g/mol. The Morgan fingerprint density at radius 1 is 1.32 bits per heavy atom. The first-order valence-corrected chi connectivity index (χ1v) is 7.81. The van der Waals surface area contributed by atoms with Crippen LogP contribution in [0.3, 0.4) is 0 Å². The van der Waals surface area contributed by atoms with Crippen LogP contribution < -0.4 is 5.73 Å². The predicted octanol–water partition coefficient (Wildman–Crippen LogP) is 2.28. The van der Waals surface area contributed by atoms with Gasteiger partial charge in [-0.15, -0.1) is 0 Å². The Balaban J connectivity index is 2.41. The molecule has 106 valence electrons. The van der Waals surface area contributed by atoms with E-state index in [1.165, 1.54) is 23.5 Å². The van der Waals surface area contributed by atoms with Crippen LogP contribution in [-0.4, -0.2) is 25.8 Å². The van der Waals surface area contributed by atoms with Crippen molar-refractivity contribution >= 4 is 15.7 Å². The molecular formula is C13H19FN2O2S. The summed E-state index contributed by atoms with van der Waals surface area (Å²) in [6.07, 6.45) is 3.70. The smallest absolute Gasteiger partial charge is 0.246 e. The van der Waals surface area contributed by atoms with Gasteiger partial charge in [0.15, 0.2) is 0 Å². The van der Waals surface area contributed by atoms with Gasteiger partial charge in [-0.1, -0.05) is 12.8 Å². The average molecular weight is 286 g/mol. The molecule has 0 radical (unpaired) electrons. The van der Waals surface area contributed by atoms with Crippen LogP contribution in [0.4, 0.5) is 10.1 Å². The molecule has 0 unspecified atom stereocenters. The van der Waals surface area contributed by atoms with E-state index in [2.05, 4.69) is 0 Å². The predicted molar refractivity (Wildman–Crippen MR) is 72.8 cm³/mol. The van der Waals surface area contributed by atoms with Crippen molar-refractivity contribution in [3.05, 3.63) is 23.5 Å². The average Bonchev–Trinajstić information content (AvgIpc) is 2.86. The molecule has 19 heavy (non-hydrogen) atoms. The summed E-state index contributed by atoms with van der Waals surface area (Å²) in [4.78, 5) is -0.329. The maximum absolute atomic E-state index is 13.9. The number of nitrogens with zero attached hydrogens (tertiary/aromatic N) is 1. The number of rotatable bonds is 3. The van der Waals surface area contributed by atoms with Crippen LogP contribution in [0.1, 0.15) is 31.2 Å². The Bertz CT molecular complexity index is 581. The molecule has 0 aromatic heterocycles. The van der Waals surface area contributed by atoms with Crippen molar-refractivity contribution in [2.24, 2.45) is 0 Å². The van der Waals surface area contributed by atoms with E-state index < -0.39 is 15.8 Å². The SMILES string of the molecule is Cc1cc(F)c(S(=O)(=O)N(C)C2CCCC2)cc1N. The Labute approximate surface area is 113 Å². The summed E-state index contributed by atoms with van der Waals surface area (Å²) in [6, 6.07) is 2.35. The van der Waals surface area contributed by atoms with Crippen LogP contribution >= 0.6 is 0 Å². The Morgan fingerprint density at radius 2 is 1.89 bits per heavy atom. The van der Waals surface area contributed by atoms with Crippen molar-refractivity contribution in [2.45, 2.75) is 43.5 Å². The summed E-state index contributed by atoms with van der Waals surface area (Å²) in [6.45, 7) is 1.65. The zero-order valence-corrected chi connectivity index (χ0v) is 12.0. The van der Waals surface area contributed by atoms with E-state index in [1.54, 1.807) is 6.92 Å². The van der Waals surface area contributed by atoms with E-state index >= 15 is 0 Å². The van der Waals surface area contributed by atoms with E-state index in [1.807, 2.05) is 0 Å². The van der Waals surface area contributed by atoms with Gasteiger partial charge in [0.05, 0.1) is 0 Å². The first-order chi connectivity index (χ1) is 8.84. The molecule has 0 aliphatic heterocycles. The largest absolute Gasteiger partial charge is 0.398 e. The lowest BCUT2D eigenvalue weighted by Gasteiger charge is -2.24. The minimum absolute atomic E-state index is 0.0353. The second-order valence-corrected chi connectivity index (χ2v) is 7.06. The van der Waals surface area contributed by atoms with Gasteiger partial charge in [-0.25, -0.2) is 12.8 Å². The topological polar surface area (TPSA) is 63.4 Å². The fraction of sp³-hybridized carbons (Fsp3) is 0.538. The first kappa shape index (κ1) is 14.3. The van der Waals surface area contributed by atoms with Gasteiger partial charge in [0, 0.05) is 18.8 Å². The van der Waals surface area contributed by atoms with Gasteiger partial charge in [0.1, 0.15) is 10.7 Å². The molecule has 0 bridgehead atoms. The maximum Gasteiger partial charge on any atom is 0.246 e. The van der Waals surface area contributed by atoms with Gasteiger partial charge >= 0.3 is 0 Å². The van der Waals surface area contributed by atoms with E-state index in [0.717, 1.165) is 25.7 Å². The number of benzene rings is 1. The third kappa shape index (κ3) is 2.60. The van der Waals surface area contributed by atoms with Crippen molar-refractivity contribution in [3.63, 3.8) is 0 Å². The fourth-order valence-corrected chi connectivity index (χ4v) is 3.98. The molecule has 1 aliphatic rings. The molecule has 0 saturated heterocycles. The molecule has 0 atom stereocenters. The zero-order chi connectivity index (χ0) is 14.2. The molecule has 2 rings (SSSR count). The number of halogens is 1. The lowest BCUT2D eigenvalue weighted by Crippen LogP contribution is -2.35. The standard InChI is InChI=1S/C13H19FN2O2S/c1-9-7-11(14)13(8-12(9)15)19(17,18)16(2)10-5-3-4-6-10/h7-8,10H,3-6,15H2,1-2H3. The molecule has 1 saturated carbocycles. The Hall–Kier alpha value is -1.14. The lowest BCUT2D eigenvalue weighted by molar-refractivity contribution is 0.371. The Morgan fingerprint density at radius 3 is 2.47 bits per heavy atom. The molecule has 6 heteroatoms. The monoisotopic (exact) mass is 286 g/mol. The van der Waals surface area contributed by atoms with Crippen molar-refractivity contribution in [2.75, 3.05) is 12.8 Å². The summed E-state index contributed by atoms with van der Waals surface area (Å²) in [5, 5.41) is 0. The summed E-state index contributed by atoms with van der Waals surface area (Å²) in [5.74, 6) is -0.739. The fourth-order valence-electron chi connectivity index (χ4n) is 2.49. The number of sulfonamides is 1. The summed E-state index contributed by atoms with van der Waals surface area (Å²) >= 11 is 0. The van der Waals surface area contributed by atoms with Crippen LogP contribution in [0.2, 0.25) is 0 Å². The summed E-state index contributed by atoms with van der Waals surface area (Å²) < 4.78 is 40.1. The van der Waals surface area contributed by atoms with E-state index in [9.17, 15) is 12.8 Å². The van der Waals surface area contributed by atoms with Gasteiger partial charge in [-0.2, -0.15) is 4.31 Å². The molecule has 1 fully saturated rings. The van der Waals surface area contributed by atoms with Crippen molar-refractivity contribution in [1.82, 2.24) is 4.31 Å². The molecule has 1 aliphatic carbocycles. The highest BCUT2D eigenvalue weighted by Gasteiger charge is 2.32. The molecule has 0 heterocycles. The molecule has 0 spiro atoms. The normalized spacial score (nSPS) is 17.3. The van der Waals surface area contributed by atoms with Crippen molar-refractivity contribution in [3.8, 4) is 0 Å². The number of anilines is 1. The maximum atomic E-state index is 13.9. The molecule has 4 nitrogen and oxygen atoms in total. The molecule has 1 aromatic carbocycles. The van der Waals surface area contributed by atoms with Crippen LogP contribution in [0.25, 0.3) is 0 Å². The number of aryl methyl sites for hydroxylation is 1.